The van der Waals surface area contributed by atoms with Crippen LogP contribution >= 0.6 is 11.6 Å². The van der Waals surface area contributed by atoms with Gasteiger partial charge < -0.3 is 26.1 Å². The molecule has 0 radical (unpaired) electrons. The van der Waals surface area contributed by atoms with Crippen molar-refractivity contribution in [1.29, 1.82) is 5.41 Å². The molecule has 1 unspecified atom stereocenters. The highest BCUT2D eigenvalue weighted by Gasteiger charge is 2.29. The molecule has 1 fully saturated rings. The highest BCUT2D eigenvalue weighted by molar-refractivity contribution is 6.30. The number of hydrogen-bond donors (Lipinski definition) is 4. The first-order valence-electron chi connectivity index (χ1n) is 13.8. The summed E-state index contributed by atoms with van der Waals surface area (Å²) in [6, 6.07) is 20.1. The number of carbonyl (C=O) groups is 3. The van der Waals surface area contributed by atoms with Crippen molar-refractivity contribution in [2.24, 2.45) is 0 Å². The molecule has 1 saturated heterocycles. The molecule has 3 aromatic carbocycles. The minimum absolute atomic E-state index is 0.0132. The van der Waals surface area contributed by atoms with Crippen LogP contribution in [0.5, 0.6) is 0 Å². The second-order valence-electron chi connectivity index (χ2n) is 10.3. The zero-order valence-electron chi connectivity index (χ0n) is 23.3. The van der Waals surface area contributed by atoms with Gasteiger partial charge in [0.25, 0.3) is 0 Å². The third-order valence-electron chi connectivity index (χ3n) is 7.22. The van der Waals surface area contributed by atoms with Crippen molar-refractivity contribution in [1.82, 2.24) is 16.0 Å². The van der Waals surface area contributed by atoms with E-state index in [1.165, 1.54) is 17.7 Å². The standard InChI is InChI=1S/C32H34ClFN4O4/c1-20(38-32(41)29-16-25(13-14-36-29)23-5-3-2-4-6-23)31(40)37-18-21-7-10-24(11-8-21)28(35)17-30(39)42-19-22-9-12-26(33)27(34)15-22/h2-12,15,20,25,29,35-36H,13-14,16-19H2,1H3,(H,37,40)(H,38,41)/t20-,25-,29?/m0/s1. The van der Waals surface area contributed by atoms with Gasteiger partial charge >= 0.3 is 5.97 Å². The summed E-state index contributed by atoms with van der Waals surface area (Å²) in [4.78, 5) is 37.7. The van der Waals surface area contributed by atoms with E-state index in [0.717, 1.165) is 18.5 Å². The minimum atomic E-state index is -0.709. The lowest BCUT2D eigenvalue weighted by Crippen LogP contribution is -2.53. The Morgan fingerprint density at radius 1 is 1.07 bits per heavy atom. The van der Waals surface area contributed by atoms with Crippen molar-refractivity contribution in [3.8, 4) is 0 Å². The number of nitrogens with one attached hydrogen (secondary N) is 4. The van der Waals surface area contributed by atoms with Gasteiger partial charge in [0, 0.05) is 12.3 Å². The maximum atomic E-state index is 13.5. The van der Waals surface area contributed by atoms with Crippen LogP contribution in [-0.2, 0) is 32.3 Å². The molecule has 2 amide bonds. The smallest absolute Gasteiger partial charge is 0.312 e. The van der Waals surface area contributed by atoms with E-state index in [4.69, 9.17) is 21.7 Å². The summed E-state index contributed by atoms with van der Waals surface area (Å²) in [5.74, 6) is -1.41. The SMILES string of the molecule is C[C@H](NC(=O)C1C[C@@H](c2ccccc2)CCN1)C(=O)NCc1ccc(C(=N)CC(=O)OCc2ccc(Cl)c(F)c2)cc1. The van der Waals surface area contributed by atoms with Crippen molar-refractivity contribution < 1.29 is 23.5 Å². The Morgan fingerprint density at radius 3 is 2.50 bits per heavy atom. The normalized spacial score (nSPS) is 17.1. The maximum Gasteiger partial charge on any atom is 0.312 e. The van der Waals surface area contributed by atoms with Gasteiger partial charge in [-0.15, -0.1) is 0 Å². The van der Waals surface area contributed by atoms with Gasteiger partial charge in [0.15, 0.2) is 0 Å². The average molecular weight is 593 g/mol. The van der Waals surface area contributed by atoms with Crippen LogP contribution < -0.4 is 16.0 Å². The number of carbonyl (C=O) groups excluding carboxylic acids is 3. The third kappa shape index (κ3) is 8.71. The number of benzene rings is 3. The van der Waals surface area contributed by atoms with Crippen LogP contribution in [-0.4, -0.2) is 42.1 Å². The Morgan fingerprint density at radius 2 is 1.79 bits per heavy atom. The van der Waals surface area contributed by atoms with E-state index in [0.29, 0.717) is 23.5 Å². The molecule has 42 heavy (non-hydrogen) atoms. The summed E-state index contributed by atoms with van der Waals surface area (Å²) in [7, 11) is 0. The zero-order chi connectivity index (χ0) is 30.1. The highest BCUT2D eigenvalue weighted by Crippen LogP contribution is 2.27. The summed E-state index contributed by atoms with van der Waals surface area (Å²) < 4.78 is 18.7. The van der Waals surface area contributed by atoms with Crippen molar-refractivity contribution in [3.63, 3.8) is 0 Å². The van der Waals surface area contributed by atoms with E-state index >= 15 is 0 Å². The van der Waals surface area contributed by atoms with Gasteiger partial charge in [-0.3, -0.25) is 14.4 Å². The number of rotatable bonds is 11. The van der Waals surface area contributed by atoms with E-state index in [2.05, 4.69) is 28.1 Å². The molecule has 1 aliphatic rings. The molecule has 4 rings (SSSR count). The molecular formula is C32H34ClFN4O4. The molecule has 0 aliphatic carbocycles. The average Bonchev–Trinajstić information content (AvgIpc) is 3.01. The molecule has 3 aromatic rings. The van der Waals surface area contributed by atoms with Crippen molar-refractivity contribution in [2.45, 2.75) is 57.3 Å². The first-order valence-corrected chi connectivity index (χ1v) is 14.2. The number of hydrogen-bond acceptors (Lipinski definition) is 6. The van der Waals surface area contributed by atoms with Gasteiger partial charge in [-0.05, 0) is 66.6 Å². The number of halogens is 2. The minimum Gasteiger partial charge on any atom is -0.461 e. The van der Waals surface area contributed by atoms with Crippen LogP contribution in [0.3, 0.4) is 0 Å². The second kappa shape index (κ2) is 14.7. The molecule has 8 nitrogen and oxygen atoms in total. The van der Waals surface area contributed by atoms with Gasteiger partial charge in [-0.1, -0.05) is 72.3 Å². The third-order valence-corrected chi connectivity index (χ3v) is 7.52. The fourth-order valence-electron chi connectivity index (χ4n) is 4.78. The molecule has 220 valence electrons. The number of amides is 2. The quantitative estimate of drug-likeness (QED) is 0.191. The number of piperidine rings is 1. The molecular weight excluding hydrogens is 559 g/mol. The summed E-state index contributed by atoms with van der Waals surface area (Å²) in [6.07, 6.45) is 1.38. The summed E-state index contributed by atoms with van der Waals surface area (Å²) in [6.45, 7) is 2.50. The lowest BCUT2D eigenvalue weighted by Gasteiger charge is -2.30. The van der Waals surface area contributed by atoms with Gasteiger partial charge in [-0.2, -0.15) is 0 Å². The molecule has 4 N–H and O–H groups in total. The zero-order valence-corrected chi connectivity index (χ0v) is 24.0. The van der Waals surface area contributed by atoms with Crippen LogP contribution in [0.2, 0.25) is 5.02 Å². The van der Waals surface area contributed by atoms with E-state index in [-0.39, 0.29) is 48.2 Å². The molecule has 1 heterocycles. The number of ether oxygens (including phenoxy) is 1. The van der Waals surface area contributed by atoms with Crippen LogP contribution in [0.1, 0.15) is 54.4 Å². The van der Waals surface area contributed by atoms with Crippen LogP contribution in [0.4, 0.5) is 4.39 Å². The largest absolute Gasteiger partial charge is 0.461 e. The van der Waals surface area contributed by atoms with Gasteiger partial charge in [0.05, 0.1) is 17.5 Å². The lowest BCUT2D eigenvalue weighted by atomic mass is 9.86. The Labute approximate surface area is 249 Å². The molecule has 0 saturated carbocycles. The van der Waals surface area contributed by atoms with Crippen LogP contribution in [0.25, 0.3) is 0 Å². The lowest BCUT2D eigenvalue weighted by molar-refractivity contribution is -0.143. The monoisotopic (exact) mass is 592 g/mol. The summed E-state index contributed by atoms with van der Waals surface area (Å²) in [5, 5.41) is 17.1. The van der Waals surface area contributed by atoms with Gasteiger partial charge in [0.1, 0.15) is 18.5 Å². The molecule has 0 bridgehead atoms. The Kier molecular flexibility index (Phi) is 10.8. The van der Waals surface area contributed by atoms with Crippen LogP contribution in [0, 0.1) is 11.2 Å². The van der Waals surface area contributed by atoms with Crippen molar-refractivity contribution in [2.75, 3.05) is 6.54 Å². The van der Waals surface area contributed by atoms with Crippen LogP contribution in [0.15, 0.2) is 72.8 Å². The molecule has 3 atom stereocenters. The first-order chi connectivity index (χ1) is 20.2. The van der Waals surface area contributed by atoms with Crippen molar-refractivity contribution >= 4 is 35.1 Å². The van der Waals surface area contributed by atoms with E-state index in [9.17, 15) is 18.8 Å². The molecule has 1 aliphatic heterocycles. The number of esters is 1. The fraction of sp³-hybridized carbons (Fsp3) is 0.312. The Hall–Kier alpha value is -4.08. The van der Waals surface area contributed by atoms with E-state index in [1.807, 2.05) is 18.2 Å². The molecule has 0 spiro atoms. The fourth-order valence-corrected chi connectivity index (χ4v) is 4.90. The summed E-state index contributed by atoms with van der Waals surface area (Å²) in [5.41, 5.74) is 3.08. The molecule has 0 aromatic heterocycles. The van der Waals surface area contributed by atoms with E-state index in [1.54, 1.807) is 37.3 Å². The Bertz CT molecular complexity index is 1420. The topological polar surface area (TPSA) is 120 Å². The predicted molar refractivity (Wildman–Crippen MR) is 159 cm³/mol. The van der Waals surface area contributed by atoms with Gasteiger partial charge in [-0.25, -0.2) is 4.39 Å². The summed E-state index contributed by atoms with van der Waals surface area (Å²) >= 11 is 5.66. The maximum absolute atomic E-state index is 13.5. The second-order valence-corrected chi connectivity index (χ2v) is 10.8. The predicted octanol–water partition coefficient (Wildman–Crippen LogP) is 4.64. The van der Waals surface area contributed by atoms with Crippen molar-refractivity contribution in [3.05, 3.63) is 106 Å². The Balaban J connectivity index is 1.19. The van der Waals surface area contributed by atoms with Gasteiger partial charge in [0.2, 0.25) is 11.8 Å². The van der Waals surface area contributed by atoms with E-state index < -0.39 is 17.8 Å². The highest BCUT2D eigenvalue weighted by atomic mass is 35.5. The first kappa shape index (κ1) is 30.9. The molecule has 10 heteroatoms.